The molecule has 2 N–H and O–H groups in total. The first-order valence-electron chi connectivity index (χ1n) is 4.90. The molecule has 6 heteroatoms. The number of aromatic nitrogens is 2. The summed E-state index contributed by atoms with van der Waals surface area (Å²) in [5.74, 6) is 0. The minimum absolute atomic E-state index is 0.0262. The van der Waals surface area contributed by atoms with Crippen LogP contribution in [0.15, 0.2) is 9.59 Å². The van der Waals surface area contributed by atoms with Gasteiger partial charge in [0.05, 0.1) is 18.5 Å². The van der Waals surface area contributed by atoms with E-state index >= 15 is 0 Å². The fourth-order valence-corrected chi connectivity index (χ4v) is 2.71. The molecule has 0 saturated carbocycles. The molecule has 2 heterocycles. The molecule has 5 nitrogen and oxygen atoms in total. The van der Waals surface area contributed by atoms with Crippen molar-refractivity contribution in [3.8, 4) is 0 Å². The number of aliphatic hydroxyl groups is 1. The molecule has 0 bridgehead atoms. The van der Waals surface area contributed by atoms with E-state index in [0.29, 0.717) is 10.2 Å². The summed E-state index contributed by atoms with van der Waals surface area (Å²) in [6, 6.07) is 0. The number of aromatic amines is 1. The van der Waals surface area contributed by atoms with Gasteiger partial charge in [-0.3, -0.25) is 14.3 Å². The third kappa shape index (κ3) is 1.50. The van der Waals surface area contributed by atoms with Crippen LogP contribution in [0.5, 0.6) is 0 Å². The number of thiophene rings is 1. The average Bonchev–Trinajstić information content (AvgIpc) is 2.49. The van der Waals surface area contributed by atoms with Gasteiger partial charge in [-0.25, -0.2) is 4.79 Å². The molecular formula is C10H12N2O3S. The maximum absolute atomic E-state index is 12.0. The van der Waals surface area contributed by atoms with Crippen molar-refractivity contribution in [2.45, 2.75) is 20.4 Å². The number of fused-ring (bicyclic) bond motifs is 1. The van der Waals surface area contributed by atoms with E-state index in [1.54, 1.807) is 0 Å². The lowest BCUT2D eigenvalue weighted by molar-refractivity contribution is 0.272. The first-order valence-corrected chi connectivity index (χ1v) is 5.71. The fourth-order valence-electron chi connectivity index (χ4n) is 1.67. The molecule has 0 fully saturated rings. The van der Waals surface area contributed by atoms with Crippen LogP contribution in [0.25, 0.3) is 10.2 Å². The Bertz CT molecular complexity index is 650. The van der Waals surface area contributed by atoms with Crippen molar-refractivity contribution < 1.29 is 5.11 Å². The van der Waals surface area contributed by atoms with Gasteiger partial charge in [0, 0.05) is 4.88 Å². The topological polar surface area (TPSA) is 75.1 Å². The normalized spacial score (nSPS) is 11.2. The van der Waals surface area contributed by atoms with Gasteiger partial charge in [-0.1, -0.05) is 0 Å². The molecule has 16 heavy (non-hydrogen) atoms. The van der Waals surface area contributed by atoms with Gasteiger partial charge in [-0.05, 0) is 19.4 Å². The van der Waals surface area contributed by atoms with Gasteiger partial charge >= 0.3 is 5.69 Å². The number of aliphatic hydroxyl groups excluding tert-OH is 1. The second-order valence-corrected chi connectivity index (χ2v) is 4.82. The van der Waals surface area contributed by atoms with Gasteiger partial charge in [0.25, 0.3) is 5.56 Å². The quantitative estimate of drug-likeness (QED) is 0.796. The van der Waals surface area contributed by atoms with Gasteiger partial charge in [0.1, 0.15) is 4.83 Å². The molecule has 86 valence electrons. The number of hydrogen-bond donors (Lipinski definition) is 2. The third-order valence-corrected chi connectivity index (χ3v) is 3.76. The number of nitrogens with one attached hydrogen (secondary N) is 1. The Balaban J connectivity index is 2.91. The van der Waals surface area contributed by atoms with Crippen LogP contribution in [0.1, 0.15) is 10.4 Å². The van der Waals surface area contributed by atoms with Gasteiger partial charge in [0.15, 0.2) is 0 Å². The molecule has 0 atom stereocenters. The van der Waals surface area contributed by atoms with Crippen molar-refractivity contribution in [3.05, 3.63) is 31.3 Å². The molecule has 2 aromatic rings. The zero-order chi connectivity index (χ0) is 11.9. The lowest BCUT2D eigenvalue weighted by Gasteiger charge is -2.01. The fraction of sp³-hybridized carbons (Fsp3) is 0.400. The minimum Gasteiger partial charge on any atom is -0.395 e. The van der Waals surface area contributed by atoms with Crippen molar-refractivity contribution in [3.63, 3.8) is 0 Å². The minimum atomic E-state index is -0.465. The average molecular weight is 240 g/mol. The van der Waals surface area contributed by atoms with Crippen LogP contribution in [0.2, 0.25) is 0 Å². The summed E-state index contributed by atoms with van der Waals surface area (Å²) in [6.07, 6.45) is 0. The van der Waals surface area contributed by atoms with E-state index in [0.717, 1.165) is 15.0 Å². The number of nitrogens with zero attached hydrogens (tertiary/aromatic N) is 1. The summed E-state index contributed by atoms with van der Waals surface area (Å²) in [7, 11) is 0. The van der Waals surface area contributed by atoms with Crippen LogP contribution in [-0.4, -0.2) is 21.3 Å². The highest BCUT2D eigenvalue weighted by molar-refractivity contribution is 7.18. The van der Waals surface area contributed by atoms with Gasteiger partial charge < -0.3 is 5.11 Å². The number of H-pyrrole nitrogens is 1. The van der Waals surface area contributed by atoms with Crippen LogP contribution in [0.3, 0.4) is 0 Å². The van der Waals surface area contributed by atoms with Gasteiger partial charge in [0.2, 0.25) is 0 Å². The van der Waals surface area contributed by atoms with Gasteiger partial charge in [-0.15, -0.1) is 11.3 Å². The van der Waals surface area contributed by atoms with Crippen molar-refractivity contribution in [1.29, 1.82) is 0 Å². The Morgan fingerprint density at radius 2 is 2.06 bits per heavy atom. The summed E-state index contributed by atoms with van der Waals surface area (Å²) >= 11 is 1.40. The maximum atomic E-state index is 12.0. The highest BCUT2D eigenvalue weighted by atomic mass is 32.1. The lowest BCUT2D eigenvalue weighted by atomic mass is 10.2. The Morgan fingerprint density at radius 3 is 2.69 bits per heavy atom. The highest BCUT2D eigenvalue weighted by Gasteiger charge is 2.13. The molecule has 2 aromatic heterocycles. The van der Waals surface area contributed by atoms with E-state index in [-0.39, 0.29) is 18.7 Å². The van der Waals surface area contributed by atoms with Crippen LogP contribution in [0, 0.1) is 13.8 Å². The van der Waals surface area contributed by atoms with E-state index in [1.807, 2.05) is 13.8 Å². The van der Waals surface area contributed by atoms with Crippen LogP contribution < -0.4 is 11.2 Å². The zero-order valence-corrected chi connectivity index (χ0v) is 9.85. The molecule has 0 amide bonds. The predicted molar refractivity (Wildman–Crippen MR) is 63.3 cm³/mol. The van der Waals surface area contributed by atoms with Gasteiger partial charge in [-0.2, -0.15) is 0 Å². The Kier molecular flexibility index (Phi) is 2.69. The van der Waals surface area contributed by atoms with E-state index in [1.165, 1.54) is 11.3 Å². The lowest BCUT2D eigenvalue weighted by Crippen LogP contribution is -2.35. The van der Waals surface area contributed by atoms with E-state index < -0.39 is 5.69 Å². The van der Waals surface area contributed by atoms with Crippen molar-refractivity contribution >= 4 is 21.6 Å². The summed E-state index contributed by atoms with van der Waals surface area (Å²) in [6.45, 7) is 3.57. The number of rotatable bonds is 2. The molecule has 0 radical (unpaired) electrons. The second kappa shape index (κ2) is 3.88. The molecule has 0 aliphatic rings. The smallest absolute Gasteiger partial charge is 0.329 e. The maximum Gasteiger partial charge on any atom is 0.329 e. The molecule has 0 unspecified atom stereocenters. The van der Waals surface area contributed by atoms with Crippen molar-refractivity contribution in [1.82, 2.24) is 9.55 Å². The second-order valence-electron chi connectivity index (χ2n) is 3.60. The molecule has 0 aliphatic heterocycles. The monoisotopic (exact) mass is 240 g/mol. The largest absolute Gasteiger partial charge is 0.395 e. The molecule has 0 spiro atoms. The van der Waals surface area contributed by atoms with Crippen molar-refractivity contribution in [2.24, 2.45) is 0 Å². The number of aryl methyl sites for hydroxylation is 2. The highest BCUT2D eigenvalue weighted by Crippen LogP contribution is 2.24. The molecule has 0 saturated heterocycles. The first kappa shape index (κ1) is 11.1. The third-order valence-electron chi connectivity index (χ3n) is 2.63. The van der Waals surface area contributed by atoms with E-state index in [4.69, 9.17) is 5.11 Å². The van der Waals surface area contributed by atoms with Crippen molar-refractivity contribution in [2.75, 3.05) is 6.61 Å². The summed E-state index contributed by atoms with van der Waals surface area (Å²) in [4.78, 5) is 27.9. The number of hydrogen-bond acceptors (Lipinski definition) is 4. The van der Waals surface area contributed by atoms with Crippen LogP contribution in [0.4, 0.5) is 0 Å². The standard InChI is InChI=1S/C10H12N2O3S/c1-5-6(2)16-8-7(5)9(14)12(3-4-13)10(15)11-8/h13H,3-4H2,1-2H3,(H,11,15). The molecular weight excluding hydrogens is 228 g/mol. The van der Waals surface area contributed by atoms with Crippen LogP contribution in [-0.2, 0) is 6.54 Å². The SMILES string of the molecule is Cc1sc2[nH]c(=O)n(CCO)c(=O)c2c1C. The molecule has 2 rings (SSSR count). The van der Waals surface area contributed by atoms with Crippen LogP contribution >= 0.6 is 11.3 Å². The predicted octanol–water partition coefficient (Wildman–Crippen LogP) is 0.360. The Hall–Kier alpha value is -1.40. The first-order chi connectivity index (χ1) is 7.56. The summed E-state index contributed by atoms with van der Waals surface area (Å²) in [5.41, 5.74) is 0.107. The molecule has 0 aliphatic carbocycles. The Morgan fingerprint density at radius 1 is 1.38 bits per heavy atom. The molecule has 0 aromatic carbocycles. The Labute approximate surface area is 95.0 Å². The van der Waals surface area contributed by atoms with E-state index in [2.05, 4.69) is 4.98 Å². The summed E-state index contributed by atoms with van der Waals surface area (Å²) in [5, 5.41) is 9.36. The van der Waals surface area contributed by atoms with E-state index in [9.17, 15) is 9.59 Å². The zero-order valence-electron chi connectivity index (χ0n) is 9.03. The summed E-state index contributed by atoms with van der Waals surface area (Å²) < 4.78 is 1.03.